The normalized spacial score (nSPS) is 25.5. The summed E-state index contributed by atoms with van der Waals surface area (Å²) in [6.45, 7) is 2.17. The maximum Gasteiger partial charge on any atom is 0.244 e. The van der Waals surface area contributed by atoms with Gasteiger partial charge in [-0.2, -0.15) is 4.31 Å². The molecule has 0 amide bonds. The van der Waals surface area contributed by atoms with E-state index >= 15 is 0 Å². The molecule has 1 fully saturated rings. The maximum atomic E-state index is 13.0. The van der Waals surface area contributed by atoms with E-state index in [1.807, 2.05) is 6.92 Å². The van der Waals surface area contributed by atoms with Gasteiger partial charge in [-0.3, -0.25) is 0 Å². The third kappa shape index (κ3) is 2.91. The molecule has 0 radical (unpaired) electrons. The Morgan fingerprint density at radius 2 is 2.16 bits per heavy atom. The number of hydrogen-bond donors (Lipinski definition) is 1. The Labute approximate surface area is 117 Å². The first kappa shape index (κ1) is 14.7. The molecule has 2 unspecified atom stereocenters. The van der Waals surface area contributed by atoms with Crippen molar-refractivity contribution in [2.45, 2.75) is 36.7 Å². The molecule has 106 valence electrons. The Hall–Kier alpha value is -0.690. The zero-order valence-electron chi connectivity index (χ0n) is 10.5. The van der Waals surface area contributed by atoms with Gasteiger partial charge in [0.2, 0.25) is 10.0 Å². The summed E-state index contributed by atoms with van der Waals surface area (Å²) in [5, 5.41) is -0.0953. The molecule has 1 aromatic rings. The third-order valence-corrected chi connectivity index (χ3v) is 5.83. The molecule has 0 aromatic heterocycles. The molecule has 0 spiro atoms. The van der Waals surface area contributed by atoms with Crippen molar-refractivity contribution in [1.82, 2.24) is 4.31 Å². The van der Waals surface area contributed by atoms with Gasteiger partial charge in [-0.15, -0.1) is 0 Å². The van der Waals surface area contributed by atoms with Crippen LogP contribution < -0.4 is 5.73 Å². The monoisotopic (exact) mass is 306 g/mol. The van der Waals surface area contributed by atoms with E-state index in [1.165, 1.54) is 10.4 Å². The van der Waals surface area contributed by atoms with Crippen LogP contribution in [0.25, 0.3) is 0 Å². The summed E-state index contributed by atoms with van der Waals surface area (Å²) in [7, 11) is -3.70. The first-order chi connectivity index (χ1) is 8.82. The molecule has 1 aromatic carbocycles. The zero-order chi connectivity index (χ0) is 14.2. The van der Waals surface area contributed by atoms with Crippen molar-refractivity contribution in [3.8, 4) is 0 Å². The number of halogens is 2. The summed E-state index contributed by atoms with van der Waals surface area (Å²) in [5.74, 6) is -0.558. The van der Waals surface area contributed by atoms with E-state index in [1.54, 1.807) is 0 Å². The summed E-state index contributed by atoms with van der Waals surface area (Å²) in [6, 6.07) is 3.14. The zero-order valence-corrected chi connectivity index (χ0v) is 12.1. The number of sulfonamides is 1. The third-order valence-electron chi connectivity index (χ3n) is 3.34. The second-order valence-corrected chi connectivity index (χ2v) is 7.09. The number of nitrogens with zero attached hydrogens (tertiary/aromatic N) is 1. The van der Waals surface area contributed by atoms with Crippen molar-refractivity contribution in [2.24, 2.45) is 5.73 Å². The molecule has 0 saturated carbocycles. The van der Waals surface area contributed by atoms with Crippen LogP contribution in [0, 0.1) is 5.82 Å². The molecule has 2 rings (SSSR count). The van der Waals surface area contributed by atoms with E-state index in [4.69, 9.17) is 17.3 Å². The Kier molecular flexibility index (Phi) is 4.15. The van der Waals surface area contributed by atoms with Gasteiger partial charge in [0.05, 0.1) is 5.02 Å². The topological polar surface area (TPSA) is 63.4 Å². The van der Waals surface area contributed by atoms with Gasteiger partial charge in [0.1, 0.15) is 10.7 Å². The average Bonchev–Trinajstić information content (AvgIpc) is 2.27. The molecular weight excluding hydrogens is 291 g/mol. The quantitative estimate of drug-likeness (QED) is 0.908. The van der Waals surface area contributed by atoms with Crippen molar-refractivity contribution >= 4 is 21.6 Å². The highest BCUT2D eigenvalue weighted by molar-refractivity contribution is 7.89. The van der Waals surface area contributed by atoms with Crippen LogP contribution in [-0.4, -0.2) is 31.4 Å². The largest absolute Gasteiger partial charge is 0.328 e. The van der Waals surface area contributed by atoms with E-state index in [9.17, 15) is 12.8 Å². The van der Waals surface area contributed by atoms with E-state index in [0.29, 0.717) is 19.4 Å². The van der Waals surface area contributed by atoms with Crippen LogP contribution in [0.5, 0.6) is 0 Å². The molecule has 0 aliphatic carbocycles. The number of nitrogens with two attached hydrogens (primary N) is 1. The lowest BCUT2D eigenvalue weighted by atomic mass is 10.0. The van der Waals surface area contributed by atoms with Crippen LogP contribution in [0.15, 0.2) is 23.1 Å². The molecule has 2 atom stereocenters. The smallest absolute Gasteiger partial charge is 0.244 e. The standard InChI is InChI=1S/C12H16ClFN2O2S/c1-8-6-10(15)4-5-16(8)19(17,18)12-3-2-9(14)7-11(12)13/h2-3,7-8,10H,4-6,15H2,1H3. The van der Waals surface area contributed by atoms with Gasteiger partial charge in [-0.1, -0.05) is 11.6 Å². The summed E-state index contributed by atoms with van der Waals surface area (Å²) in [4.78, 5) is -0.0575. The first-order valence-corrected chi connectivity index (χ1v) is 7.86. The van der Waals surface area contributed by atoms with Crippen LogP contribution in [0.2, 0.25) is 5.02 Å². The Morgan fingerprint density at radius 3 is 2.74 bits per heavy atom. The van der Waals surface area contributed by atoms with E-state index in [-0.39, 0.29) is 22.0 Å². The molecule has 1 aliphatic rings. The Morgan fingerprint density at radius 1 is 1.47 bits per heavy atom. The highest BCUT2D eigenvalue weighted by Crippen LogP contribution is 2.29. The first-order valence-electron chi connectivity index (χ1n) is 6.05. The van der Waals surface area contributed by atoms with Crippen LogP contribution >= 0.6 is 11.6 Å². The van der Waals surface area contributed by atoms with E-state index < -0.39 is 15.8 Å². The van der Waals surface area contributed by atoms with Crippen molar-refractivity contribution in [2.75, 3.05) is 6.54 Å². The number of benzene rings is 1. The lowest BCUT2D eigenvalue weighted by molar-refractivity contribution is 0.247. The number of hydrogen-bond acceptors (Lipinski definition) is 3. The van der Waals surface area contributed by atoms with Crippen LogP contribution in [0.1, 0.15) is 19.8 Å². The van der Waals surface area contributed by atoms with Crippen LogP contribution in [0.3, 0.4) is 0 Å². The molecule has 1 heterocycles. The van der Waals surface area contributed by atoms with Gasteiger partial charge in [0.15, 0.2) is 0 Å². The highest BCUT2D eigenvalue weighted by Gasteiger charge is 2.34. The van der Waals surface area contributed by atoms with Gasteiger partial charge in [0.25, 0.3) is 0 Å². The lowest BCUT2D eigenvalue weighted by Gasteiger charge is -2.35. The highest BCUT2D eigenvalue weighted by atomic mass is 35.5. The SMILES string of the molecule is CC1CC(N)CCN1S(=O)(=O)c1ccc(F)cc1Cl. The minimum Gasteiger partial charge on any atom is -0.328 e. The molecule has 4 nitrogen and oxygen atoms in total. The molecule has 7 heteroatoms. The van der Waals surface area contributed by atoms with Gasteiger partial charge >= 0.3 is 0 Å². The van der Waals surface area contributed by atoms with Crippen molar-refractivity contribution in [3.05, 3.63) is 29.0 Å². The van der Waals surface area contributed by atoms with E-state index in [0.717, 1.165) is 12.1 Å². The molecule has 2 N–H and O–H groups in total. The predicted molar refractivity (Wildman–Crippen MR) is 72.0 cm³/mol. The second kappa shape index (κ2) is 5.36. The number of piperidine rings is 1. The van der Waals surface area contributed by atoms with Gasteiger partial charge in [-0.05, 0) is 38.0 Å². The number of rotatable bonds is 2. The van der Waals surface area contributed by atoms with Crippen LogP contribution in [-0.2, 0) is 10.0 Å². The minimum atomic E-state index is -3.70. The van der Waals surface area contributed by atoms with Crippen molar-refractivity contribution < 1.29 is 12.8 Å². The summed E-state index contributed by atoms with van der Waals surface area (Å²) >= 11 is 5.84. The summed E-state index contributed by atoms with van der Waals surface area (Å²) in [6.07, 6.45) is 1.22. The van der Waals surface area contributed by atoms with Gasteiger partial charge in [-0.25, -0.2) is 12.8 Å². The fourth-order valence-corrected chi connectivity index (χ4v) is 4.52. The fourth-order valence-electron chi connectivity index (χ4n) is 2.35. The molecular formula is C12H16ClFN2O2S. The predicted octanol–water partition coefficient (Wildman–Crippen LogP) is 1.98. The summed E-state index contributed by atoms with van der Waals surface area (Å²) < 4.78 is 39.4. The fraction of sp³-hybridized carbons (Fsp3) is 0.500. The average molecular weight is 307 g/mol. The molecule has 19 heavy (non-hydrogen) atoms. The van der Waals surface area contributed by atoms with Gasteiger partial charge in [0, 0.05) is 18.6 Å². The van der Waals surface area contributed by atoms with Crippen molar-refractivity contribution in [3.63, 3.8) is 0 Å². The van der Waals surface area contributed by atoms with Crippen molar-refractivity contribution in [1.29, 1.82) is 0 Å². The lowest BCUT2D eigenvalue weighted by Crippen LogP contribution is -2.48. The molecule has 1 aliphatic heterocycles. The summed E-state index contributed by atoms with van der Waals surface area (Å²) in [5.41, 5.74) is 5.82. The second-order valence-electron chi connectivity index (χ2n) is 4.82. The Balaban J connectivity index is 2.37. The maximum absolute atomic E-state index is 13.0. The molecule has 1 saturated heterocycles. The molecule has 0 bridgehead atoms. The van der Waals surface area contributed by atoms with Gasteiger partial charge < -0.3 is 5.73 Å². The van der Waals surface area contributed by atoms with Crippen LogP contribution in [0.4, 0.5) is 4.39 Å². The Bertz CT molecular complexity index is 579. The minimum absolute atomic E-state index is 0.0186. The van der Waals surface area contributed by atoms with E-state index in [2.05, 4.69) is 0 Å².